The molecule has 2 heteroatoms. The van der Waals surface area contributed by atoms with Gasteiger partial charge in [0.15, 0.2) is 0 Å². The van der Waals surface area contributed by atoms with Crippen molar-refractivity contribution in [2.45, 2.75) is 64.8 Å². The van der Waals surface area contributed by atoms with Crippen LogP contribution in [0.2, 0.25) is 5.02 Å². The Labute approximate surface area is 170 Å². The highest BCUT2D eigenvalue weighted by Gasteiger charge is 1.96. The fraction of sp³-hybridized carbons (Fsp3) is 0.440. The Morgan fingerprint density at radius 3 is 2.44 bits per heavy atom. The van der Waals surface area contributed by atoms with Crippen molar-refractivity contribution >= 4 is 17.7 Å². The summed E-state index contributed by atoms with van der Waals surface area (Å²) in [4.78, 5) is 0. The minimum Gasteiger partial charge on any atom is -0.312 e. The number of nitrogens with one attached hydrogen (secondary N) is 1. The Hall–Kier alpha value is -1.57. The minimum absolute atomic E-state index is 0.813. The van der Waals surface area contributed by atoms with Crippen LogP contribution in [0.25, 0.3) is 6.08 Å². The van der Waals surface area contributed by atoms with E-state index in [1.54, 1.807) is 0 Å². The zero-order chi connectivity index (χ0) is 19.2. The van der Waals surface area contributed by atoms with E-state index in [1.165, 1.54) is 61.6 Å². The zero-order valence-electron chi connectivity index (χ0n) is 16.7. The molecule has 0 unspecified atom stereocenters. The van der Waals surface area contributed by atoms with Crippen molar-refractivity contribution in [1.82, 2.24) is 5.32 Å². The van der Waals surface area contributed by atoms with Gasteiger partial charge in [0.2, 0.25) is 0 Å². The molecular formula is C25H34ClN. The van der Waals surface area contributed by atoms with Gasteiger partial charge in [-0.2, -0.15) is 0 Å². The molecule has 1 nitrogen and oxygen atoms in total. The van der Waals surface area contributed by atoms with Crippen LogP contribution in [0, 0.1) is 0 Å². The predicted octanol–water partition coefficient (Wildman–Crippen LogP) is 7.44. The second-order valence-corrected chi connectivity index (χ2v) is 7.69. The number of rotatable bonds is 13. The van der Waals surface area contributed by atoms with Crippen LogP contribution in [0.15, 0.2) is 54.6 Å². The number of benzene rings is 2. The van der Waals surface area contributed by atoms with Gasteiger partial charge in [-0.1, -0.05) is 99.2 Å². The molecule has 0 saturated heterocycles. The van der Waals surface area contributed by atoms with Gasteiger partial charge in [0.1, 0.15) is 0 Å². The number of allylic oxidation sites excluding steroid dienone is 1. The molecule has 0 aliphatic rings. The fourth-order valence-electron chi connectivity index (χ4n) is 3.17. The summed E-state index contributed by atoms with van der Waals surface area (Å²) in [5.41, 5.74) is 3.90. The summed E-state index contributed by atoms with van der Waals surface area (Å²) in [6.07, 6.45) is 14.9. The maximum atomic E-state index is 6.02. The van der Waals surface area contributed by atoms with Crippen molar-refractivity contribution in [3.63, 3.8) is 0 Å². The average molecular weight is 384 g/mol. The molecule has 2 rings (SSSR count). The molecule has 27 heavy (non-hydrogen) atoms. The molecule has 0 atom stereocenters. The summed E-state index contributed by atoms with van der Waals surface area (Å²) < 4.78 is 0. The first-order valence-electron chi connectivity index (χ1n) is 10.5. The van der Waals surface area contributed by atoms with Gasteiger partial charge in [0, 0.05) is 11.6 Å². The summed E-state index contributed by atoms with van der Waals surface area (Å²) in [7, 11) is 0. The molecule has 0 aliphatic carbocycles. The van der Waals surface area contributed by atoms with Crippen LogP contribution in [-0.4, -0.2) is 6.54 Å². The third-order valence-corrected chi connectivity index (χ3v) is 5.06. The summed E-state index contributed by atoms with van der Waals surface area (Å²) in [6, 6.07) is 17.0. The van der Waals surface area contributed by atoms with Gasteiger partial charge in [0.05, 0.1) is 0 Å². The number of unbranched alkanes of at least 4 members (excludes halogenated alkanes) is 6. The normalized spacial score (nSPS) is 11.3. The van der Waals surface area contributed by atoms with E-state index >= 15 is 0 Å². The molecule has 0 aromatic heterocycles. The standard InChI is InChI=1S/C25H34ClN/c1-2-3-4-5-6-7-8-9-11-22-14-16-24(17-15-22)21-27-19-18-23-12-10-13-25(26)20-23/h9-17,20,27H,2-8,18-19,21H2,1H3. The van der Waals surface area contributed by atoms with E-state index in [0.29, 0.717) is 0 Å². The fourth-order valence-corrected chi connectivity index (χ4v) is 3.38. The molecule has 2 aromatic carbocycles. The van der Waals surface area contributed by atoms with Crippen LogP contribution in [0.3, 0.4) is 0 Å². The van der Waals surface area contributed by atoms with E-state index < -0.39 is 0 Å². The van der Waals surface area contributed by atoms with E-state index in [0.717, 1.165) is 24.5 Å². The summed E-state index contributed by atoms with van der Waals surface area (Å²) in [5, 5.41) is 4.32. The minimum atomic E-state index is 0.813. The quantitative estimate of drug-likeness (QED) is 0.354. The average Bonchev–Trinajstić information content (AvgIpc) is 2.68. The van der Waals surface area contributed by atoms with Crippen molar-refractivity contribution < 1.29 is 0 Å². The van der Waals surface area contributed by atoms with Crippen molar-refractivity contribution in [1.29, 1.82) is 0 Å². The lowest BCUT2D eigenvalue weighted by Gasteiger charge is -2.06. The molecule has 0 heterocycles. The first kappa shape index (κ1) is 21.7. The van der Waals surface area contributed by atoms with E-state index in [-0.39, 0.29) is 0 Å². The molecular weight excluding hydrogens is 350 g/mol. The molecule has 0 amide bonds. The van der Waals surface area contributed by atoms with Crippen molar-refractivity contribution in [3.05, 3.63) is 76.3 Å². The van der Waals surface area contributed by atoms with Crippen LogP contribution in [0.1, 0.15) is 68.6 Å². The van der Waals surface area contributed by atoms with Gasteiger partial charge in [-0.15, -0.1) is 0 Å². The third-order valence-electron chi connectivity index (χ3n) is 4.82. The maximum Gasteiger partial charge on any atom is 0.0408 e. The number of halogens is 1. The van der Waals surface area contributed by atoms with Gasteiger partial charge in [-0.3, -0.25) is 0 Å². The first-order chi connectivity index (χ1) is 13.3. The van der Waals surface area contributed by atoms with E-state index in [9.17, 15) is 0 Å². The predicted molar refractivity (Wildman–Crippen MR) is 120 cm³/mol. The second-order valence-electron chi connectivity index (χ2n) is 7.26. The third kappa shape index (κ3) is 9.79. The summed E-state index contributed by atoms with van der Waals surface area (Å²) in [5.74, 6) is 0. The lowest BCUT2D eigenvalue weighted by molar-refractivity contribution is 0.611. The Kier molecular flexibility index (Phi) is 10.9. The van der Waals surface area contributed by atoms with E-state index in [4.69, 9.17) is 11.6 Å². The SMILES string of the molecule is CCCCCCCCC=Cc1ccc(CNCCc2cccc(Cl)c2)cc1. The van der Waals surface area contributed by atoms with Gasteiger partial charge in [-0.25, -0.2) is 0 Å². The molecule has 146 valence electrons. The largest absolute Gasteiger partial charge is 0.312 e. The summed E-state index contributed by atoms with van der Waals surface area (Å²) >= 11 is 6.02. The van der Waals surface area contributed by atoms with Crippen molar-refractivity contribution in [3.8, 4) is 0 Å². The maximum absolute atomic E-state index is 6.02. The number of hydrogen-bond acceptors (Lipinski definition) is 1. The molecule has 0 spiro atoms. The summed E-state index contributed by atoms with van der Waals surface area (Å²) in [6.45, 7) is 4.13. The van der Waals surface area contributed by atoms with Gasteiger partial charge in [-0.05, 0) is 54.6 Å². The molecule has 0 saturated carbocycles. The van der Waals surface area contributed by atoms with Gasteiger partial charge < -0.3 is 5.32 Å². The van der Waals surface area contributed by atoms with E-state index in [1.807, 2.05) is 18.2 Å². The van der Waals surface area contributed by atoms with Gasteiger partial charge >= 0.3 is 0 Å². The molecule has 0 aliphatic heterocycles. The van der Waals surface area contributed by atoms with Crippen molar-refractivity contribution in [2.75, 3.05) is 6.54 Å². The second kappa shape index (κ2) is 13.6. The molecule has 0 fully saturated rings. The smallest absolute Gasteiger partial charge is 0.0408 e. The molecule has 2 aromatic rings. The van der Waals surface area contributed by atoms with Crippen LogP contribution >= 0.6 is 11.6 Å². The lowest BCUT2D eigenvalue weighted by Crippen LogP contribution is -2.16. The van der Waals surface area contributed by atoms with Gasteiger partial charge in [0.25, 0.3) is 0 Å². The molecule has 1 N–H and O–H groups in total. The Balaban J connectivity index is 1.59. The first-order valence-corrected chi connectivity index (χ1v) is 10.9. The van der Waals surface area contributed by atoms with Crippen LogP contribution in [0.5, 0.6) is 0 Å². The highest BCUT2D eigenvalue weighted by atomic mass is 35.5. The topological polar surface area (TPSA) is 12.0 Å². The Bertz CT molecular complexity index is 660. The number of hydrogen-bond donors (Lipinski definition) is 1. The van der Waals surface area contributed by atoms with Crippen molar-refractivity contribution in [2.24, 2.45) is 0 Å². The van der Waals surface area contributed by atoms with E-state index in [2.05, 4.69) is 54.7 Å². The molecule has 0 bridgehead atoms. The zero-order valence-corrected chi connectivity index (χ0v) is 17.5. The Morgan fingerprint density at radius 1 is 0.889 bits per heavy atom. The monoisotopic (exact) mass is 383 g/mol. The van der Waals surface area contributed by atoms with Crippen LogP contribution < -0.4 is 5.32 Å². The highest BCUT2D eigenvalue weighted by molar-refractivity contribution is 6.30. The van der Waals surface area contributed by atoms with Crippen LogP contribution in [-0.2, 0) is 13.0 Å². The Morgan fingerprint density at radius 2 is 1.67 bits per heavy atom. The van der Waals surface area contributed by atoms with Crippen LogP contribution in [0.4, 0.5) is 0 Å². The molecule has 0 radical (unpaired) electrons. The lowest BCUT2D eigenvalue weighted by atomic mass is 10.1. The highest BCUT2D eigenvalue weighted by Crippen LogP contribution is 2.12.